The first kappa shape index (κ1) is 11.9. The van der Waals surface area contributed by atoms with Crippen LogP contribution in [0.5, 0.6) is 11.5 Å². The van der Waals surface area contributed by atoms with Crippen molar-refractivity contribution in [2.75, 3.05) is 20.8 Å². The van der Waals surface area contributed by atoms with Gasteiger partial charge in [0.05, 0.1) is 14.2 Å². The van der Waals surface area contributed by atoms with Gasteiger partial charge in [-0.1, -0.05) is 13.0 Å². The zero-order valence-corrected chi connectivity index (χ0v) is 9.62. The molecular formula is C12H19NO2. The van der Waals surface area contributed by atoms with Crippen LogP contribution in [0, 0.1) is 0 Å². The Morgan fingerprint density at radius 1 is 1.20 bits per heavy atom. The number of ether oxygens (including phenoxy) is 2. The molecule has 0 aliphatic heterocycles. The first-order valence-electron chi connectivity index (χ1n) is 5.18. The largest absolute Gasteiger partial charge is 0.493 e. The van der Waals surface area contributed by atoms with Crippen molar-refractivity contribution in [2.24, 2.45) is 5.73 Å². The maximum absolute atomic E-state index is 5.71. The molecule has 84 valence electrons. The summed E-state index contributed by atoms with van der Waals surface area (Å²) in [6, 6.07) is 5.97. The Bertz CT molecular complexity index is 308. The molecule has 0 heterocycles. The second-order valence-corrected chi connectivity index (χ2v) is 3.46. The van der Waals surface area contributed by atoms with E-state index in [0.29, 0.717) is 12.5 Å². The number of benzene rings is 1. The van der Waals surface area contributed by atoms with E-state index in [2.05, 4.69) is 6.92 Å². The van der Waals surface area contributed by atoms with E-state index in [-0.39, 0.29) is 0 Å². The number of hydrogen-bond acceptors (Lipinski definition) is 3. The summed E-state index contributed by atoms with van der Waals surface area (Å²) in [7, 11) is 3.28. The van der Waals surface area contributed by atoms with E-state index in [4.69, 9.17) is 15.2 Å². The van der Waals surface area contributed by atoms with Gasteiger partial charge >= 0.3 is 0 Å². The maximum Gasteiger partial charge on any atom is 0.160 e. The van der Waals surface area contributed by atoms with Crippen LogP contribution < -0.4 is 15.2 Å². The van der Waals surface area contributed by atoms with Crippen molar-refractivity contribution >= 4 is 0 Å². The molecule has 0 bridgehead atoms. The normalized spacial score (nSPS) is 12.3. The van der Waals surface area contributed by atoms with Gasteiger partial charge in [-0.15, -0.1) is 0 Å². The second kappa shape index (κ2) is 5.61. The summed E-state index contributed by atoms with van der Waals surface area (Å²) in [5.41, 5.74) is 6.91. The Morgan fingerprint density at radius 3 is 2.33 bits per heavy atom. The van der Waals surface area contributed by atoms with Crippen molar-refractivity contribution < 1.29 is 9.47 Å². The third-order valence-electron chi connectivity index (χ3n) is 2.66. The van der Waals surface area contributed by atoms with Crippen molar-refractivity contribution in [3.63, 3.8) is 0 Å². The fraction of sp³-hybridized carbons (Fsp3) is 0.500. The van der Waals surface area contributed by atoms with Gasteiger partial charge in [0, 0.05) is 0 Å². The molecule has 0 aliphatic rings. The number of nitrogens with two attached hydrogens (primary N) is 1. The molecule has 0 amide bonds. The molecule has 2 N–H and O–H groups in total. The van der Waals surface area contributed by atoms with Crippen LogP contribution in [0.25, 0.3) is 0 Å². The Hall–Kier alpha value is -1.22. The topological polar surface area (TPSA) is 44.5 Å². The molecule has 0 radical (unpaired) electrons. The standard InChI is InChI=1S/C12H19NO2/c1-4-9(8-13)10-5-6-11(14-2)12(7-10)15-3/h5-7,9H,4,8,13H2,1-3H3. The van der Waals surface area contributed by atoms with E-state index < -0.39 is 0 Å². The SMILES string of the molecule is CCC(CN)c1ccc(OC)c(OC)c1. The molecule has 3 heteroatoms. The molecular weight excluding hydrogens is 190 g/mol. The van der Waals surface area contributed by atoms with Crippen LogP contribution in [0.3, 0.4) is 0 Å². The molecule has 0 saturated heterocycles. The van der Waals surface area contributed by atoms with Gasteiger partial charge in [-0.25, -0.2) is 0 Å². The molecule has 1 aromatic rings. The molecule has 3 nitrogen and oxygen atoms in total. The lowest BCUT2D eigenvalue weighted by molar-refractivity contribution is 0.354. The summed E-state index contributed by atoms with van der Waals surface area (Å²) in [5, 5.41) is 0. The number of rotatable bonds is 5. The van der Waals surface area contributed by atoms with Gasteiger partial charge in [-0.3, -0.25) is 0 Å². The Morgan fingerprint density at radius 2 is 1.87 bits per heavy atom. The summed E-state index contributed by atoms with van der Waals surface area (Å²) >= 11 is 0. The summed E-state index contributed by atoms with van der Waals surface area (Å²) in [4.78, 5) is 0. The van der Waals surface area contributed by atoms with Crippen molar-refractivity contribution in [3.05, 3.63) is 23.8 Å². The fourth-order valence-corrected chi connectivity index (χ4v) is 1.65. The number of methoxy groups -OCH3 is 2. The zero-order chi connectivity index (χ0) is 11.3. The average Bonchev–Trinajstić information content (AvgIpc) is 2.30. The molecule has 0 spiro atoms. The smallest absolute Gasteiger partial charge is 0.160 e. The number of hydrogen-bond donors (Lipinski definition) is 1. The molecule has 15 heavy (non-hydrogen) atoms. The lowest BCUT2D eigenvalue weighted by Gasteiger charge is -2.15. The molecule has 1 atom stereocenters. The van der Waals surface area contributed by atoms with E-state index >= 15 is 0 Å². The van der Waals surface area contributed by atoms with Gasteiger partial charge in [0.1, 0.15) is 0 Å². The lowest BCUT2D eigenvalue weighted by Crippen LogP contribution is -2.11. The van der Waals surface area contributed by atoms with E-state index in [1.165, 1.54) is 5.56 Å². The van der Waals surface area contributed by atoms with E-state index in [0.717, 1.165) is 17.9 Å². The monoisotopic (exact) mass is 209 g/mol. The predicted molar refractivity (Wildman–Crippen MR) is 61.6 cm³/mol. The third-order valence-corrected chi connectivity index (χ3v) is 2.66. The summed E-state index contributed by atoms with van der Waals surface area (Å²) in [6.07, 6.45) is 1.03. The zero-order valence-electron chi connectivity index (χ0n) is 9.62. The van der Waals surface area contributed by atoms with Crippen molar-refractivity contribution in [2.45, 2.75) is 19.3 Å². The van der Waals surface area contributed by atoms with Crippen molar-refractivity contribution in [1.82, 2.24) is 0 Å². The van der Waals surface area contributed by atoms with Crippen LogP contribution in [0.1, 0.15) is 24.8 Å². The van der Waals surface area contributed by atoms with Crippen LogP contribution >= 0.6 is 0 Å². The van der Waals surface area contributed by atoms with Gasteiger partial charge < -0.3 is 15.2 Å². The fourth-order valence-electron chi connectivity index (χ4n) is 1.65. The summed E-state index contributed by atoms with van der Waals surface area (Å²) in [5.74, 6) is 1.92. The highest BCUT2D eigenvalue weighted by Crippen LogP contribution is 2.31. The molecule has 0 aliphatic carbocycles. The molecule has 0 aromatic heterocycles. The van der Waals surface area contributed by atoms with Gasteiger partial charge in [0.15, 0.2) is 11.5 Å². The van der Waals surface area contributed by atoms with E-state index in [9.17, 15) is 0 Å². The summed E-state index contributed by atoms with van der Waals surface area (Å²) < 4.78 is 10.4. The van der Waals surface area contributed by atoms with E-state index in [1.54, 1.807) is 14.2 Å². The minimum Gasteiger partial charge on any atom is -0.493 e. The van der Waals surface area contributed by atoms with Crippen molar-refractivity contribution in [3.8, 4) is 11.5 Å². The molecule has 0 saturated carbocycles. The summed E-state index contributed by atoms with van der Waals surface area (Å²) in [6.45, 7) is 2.79. The van der Waals surface area contributed by atoms with Crippen LogP contribution in [0.2, 0.25) is 0 Å². The van der Waals surface area contributed by atoms with Crippen LogP contribution in [0.4, 0.5) is 0 Å². The lowest BCUT2D eigenvalue weighted by atomic mass is 9.96. The van der Waals surface area contributed by atoms with Crippen LogP contribution in [-0.4, -0.2) is 20.8 Å². The third kappa shape index (κ3) is 2.63. The highest BCUT2D eigenvalue weighted by molar-refractivity contribution is 5.43. The quantitative estimate of drug-likeness (QED) is 0.808. The van der Waals surface area contributed by atoms with E-state index in [1.807, 2.05) is 18.2 Å². The molecule has 1 aromatic carbocycles. The second-order valence-electron chi connectivity index (χ2n) is 3.46. The van der Waals surface area contributed by atoms with Gasteiger partial charge in [0.25, 0.3) is 0 Å². The van der Waals surface area contributed by atoms with Gasteiger partial charge in [-0.05, 0) is 36.6 Å². The van der Waals surface area contributed by atoms with Crippen LogP contribution in [-0.2, 0) is 0 Å². The molecule has 1 rings (SSSR count). The highest BCUT2D eigenvalue weighted by atomic mass is 16.5. The first-order chi connectivity index (χ1) is 7.26. The van der Waals surface area contributed by atoms with Crippen LogP contribution in [0.15, 0.2) is 18.2 Å². The molecule has 0 fully saturated rings. The highest BCUT2D eigenvalue weighted by Gasteiger charge is 2.10. The molecule has 1 unspecified atom stereocenters. The Kier molecular flexibility index (Phi) is 4.43. The Labute approximate surface area is 91.2 Å². The first-order valence-corrected chi connectivity index (χ1v) is 5.18. The predicted octanol–water partition coefficient (Wildman–Crippen LogP) is 2.16. The minimum absolute atomic E-state index is 0.393. The minimum atomic E-state index is 0.393. The van der Waals surface area contributed by atoms with Gasteiger partial charge in [-0.2, -0.15) is 0 Å². The Balaban J connectivity index is 3.01. The average molecular weight is 209 g/mol. The van der Waals surface area contributed by atoms with Crippen molar-refractivity contribution in [1.29, 1.82) is 0 Å². The maximum atomic E-state index is 5.71. The van der Waals surface area contributed by atoms with Gasteiger partial charge in [0.2, 0.25) is 0 Å².